The molecule has 1 fully saturated rings. The number of hydroxylamine groups is 2. The zero-order chi connectivity index (χ0) is 15.7. The lowest BCUT2D eigenvalue weighted by atomic mass is 10.2. The van der Waals surface area contributed by atoms with Gasteiger partial charge in [0.1, 0.15) is 0 Å². The molecule has 2 aliphatic rings. The molecule has 3 rings (SSSR count). The summed E-state index contributed by atoms with van der Waals surface area (Å²) in [6.07, 6.45) is 5.31. The van der Waals surface area contributed by atoms with Crippen LogP contribution in [0, 0.1) is 0 Å². The zero-order valence-corrected chi connectivity index (χ0v) is 12.2. The lowest BCUT2D eigenvalue weighted by Crippen LogP contribution is -2.33. The van der Waals surface area contributed by atoms with Crippen molar-refractivity contribution in [3.05, 3.63) is 31.0 Å². The molecule has 1 aromatic heterocycles. The van der Waals surface area contributed by atoms with Gasteiger partial charge in [-0.05, 0) is 6.08 Å². The van der Waals surface area contributed by atoms with Gasteiger partial charge in [-0.25, -0.2) is 9.48 Å². The average Bonchev–Trinajstić information content (AvgIpc) is 3.02. The molecule has 3 amide bonds. The van der Waals surface area contributed by atoms with Crippen LogP contribution in [0.5, 0.6) is 0 Å². The average molecular weight is 303 g/mol. The molecule has 1 N–H and O–H groups in total. The second-order valence-corrected chi connectivity index (χ2v) is 5.13. The molecule has 0 spiro atoms. The highest BCUT2D eigenvalue weighted by Crippen LogP contribution is 2.26. The maximum Gasteiger partial charge on any atom is 0.345 e. The van der Waals surface area contributed by atoms with E-state index < -0.39 is 0 Å². The first-order chi connectivity index (χ1) is 10.6. The van der Waals surface area contributed by atoms with Gasteiger partial charge in [0.15, 0.2) is 5.82 Å². The maximum absolute atomic E-state index is 12.2. The highest BCUT2D eigenvalue weighted by atomic mass is 16.7. The van der Waals surface area contributed by atoms with Crippen molar-refractivity contribution in [1.82, 2.24) is 19.7 Å². The molecule has 1 atom stereocenters. The minimum atomic E-state index is -0.175. The summed E-state index contributed by atoms with van der Waals surface area (Å²) in [5.74, 6) is 0.304. The number of anilines is 1. The van der Waals surface area contributed by atoms with Crippen molar-refractivity contribution in [2.75, 3.05) is 25.0 Å². The van der Waals surface area contributed by atoms with Crippen LogP contribution in [0.3, 0.4) is 0 Å². The van der Waals surface area contributed by atoms with Crippen LogP contribution < -0.4 is 5.32 Å². The Balaban J connectivity index is 1.78. The molecule has 1 unspecified atom stereocenters. The fourth-order valence-corrected chi connectivity index (χ4v) is 2.55. The van der Waals surface area contributed by atoms with Gasteiger partial charge in [0, 0.05) is 25.7 Å². The molecule has 0 aliphatic carbocycles. The molecule has 0 aromatic carbocycles. The number of amides is 3. The number of urea groups is 1. The summed E-state index contributed by atoms with van der Waals surface area (Å²) in [7, 11) is 0. The van der Waals surface area contributed by atoms with E-state index in [1.165, 1.54) is 12.0 Å². The van der Waals surface area contributed by atoms with Gasteiger partial charge in [0.05, 0.1) is 24.9 Å². The molecule has 3 heterocycles. The molecular weight excluding hydrogens is 286 g/mol. The number of nitrogens with one attached hydrogen (secondary N) is 1. The van der Waals surface area contributed by atoms with E-state index in [2.05, 4.69) is 17.0 Å². The van der Waals surface area contributed by atoms with E-state index in [0.717, 1.165) is 5.70 Å². The Bertz CT molecular complexity index is 651. The lowest BCUT2D eigenvalue weighted by Gasteiger charge is -2.21. The van der Waals surface area contributed by atoms with Crippen molar-refractivity contribution < 1.29 is 14.4 Å². The van der Waals surface area contributed by atoms with Crippen molar-refractivity contribution in [1.29, 1.82) is 0 Å². The zero-order valence-electron chi connectivity index (χ0n) is 12.2. The molecule has 8 nitrogen and oxygen atoms in total. The number of carbonyl (C=O) groups is 2. The number of aromatic nitrogens is 2. The van der Waals surface area contributed by atoms with Gasteiger partial charge in [0.2, 0.25) is 5.91 Å². The third-order valence-electron chi connectivity index (χ3n) is 3.42. The molecule has 1 aromatic rings. The molecule has 116 valence electrons. The fraction of sp³-hybridized carbons (Fsp3) is 0.357. The highest BCUT2D eigenvalue weighted by Gasteiger charge is 2.41. The summed E-state index contributed by atoms with van der Waals surface area (Å²) >= 11 is 0. The number of nitrogens with zero attached hydrogens (tertiary/aromatic N) is 4. The number of hydrogen-bond acceptors (Lipinski definition) is 4. The van der Waals surface area contributed by atoms with Gasteiger partial charge < -0.3 is 10.2 Å². The van der Waals surface area contributed by atoms with Gasteiger partial charge in [-0.15, -0.1) is 6.58 Å². The monoisotopic (exact) mass is 303 g/mol. The first-order valence-corrected chi connectivity index (χ1v) is 6.95. The number of rotatable bonds is 5. The van der Waals surface area contributed by atoms with Crippen LogP contribution in [-0.4, -0.2) is 57.4 Å². The highest BCUT2D eigenvalue weighted by molar-refractivity contribution is 5.87. The van der Waals surface area contributed by atoms with Gasteiger partial charge in [0.25, 0.3) is 0 Å². The fourth-order valence-electron chi connectivity index (χ4n) is 2.55. The summed E-state index contributed by atoms with van der Waals surface area (Å²) in [5, 5.41) is 8.28. The summed E-state index contributed by atoms with van der Waals surface area (Å²) in [4.78, 5) is 30.3. The molecule has 2 aliphatic heterocycles. The van der Waals surface area contributed by atoms with E-state index >= 15 is 0 Å². The SMILES string of the molecule is C=CCON1C(=O)N2CC(n3ccc(NC(C)=O)n3)=CC1C2. The Labute approximate surface area is 127 Å². The first kappa shape index (κ1) is 14.3. The standard InChI is InChI=1S/C14H17N5O3/c1-3-6-22-19-12-7-11(8-17(9-12)14(19)21)18-5-4-13(16-18)15-10(2)20/h3-5,7,12H,1,6,8-9H2,2H3,(H,15,16,20). The molecule has 1 saturated heterocycles. The molecular formula is C14H17N5O3. The Morgan fingerprint density at radius 1 is 1.64 bits per heavy atom. The van der Waals surface area contributed by atoms with Crippen LogP contribution in [0.1, 0.15) is 6.92 Å². The Morgan fingerprint density at radius 3 is 3.18 bits per heavy atom. The van der Waals surface area contributed by atoms with E-state index in [1.54, 1.807) is 27.9 Å². The summed E-state index contributed by atoms with van der Waals surface area (Å²) in [6, 6.07) is 1.40. The molecule has 0 saturated carbocycles. The van der Waals surface area contributed by atoms with Crippen molar-refractivity contribution in [3.8, 4) is 0 Å². The Hall–Kier alpha value is -2.61. The van der Waals surface area contributed by atoms with E-state index in [0.29, 0.717) is 18.9 Å². The molecule has 2 bridgehead atoms. The minimum absolute atomic E-state index is 0.149. The van der Waals surface area contributed by atoms with Crippen LogP contribution in [0.4, 0.5) is 10.6 Å². The van der Waals surface area contributed by atoms with Gasteiger partial charge in [-0.1, -0.05) is 6.08 Å². The van der Waals surface area contributed by atoms with Crippen molar-refractivity contribution >= 4 is 23.5 Å². The van der Waals surface area contributed by atoms with Crippen molar-refractivity contribution in [2.24, 2.45) is 0 Å². The summed E-state index contributed by atoms with van der Waals surface area (Å²) in [6.45, 7) is 6.34. The van der Waals surface area contributed by atoms with Crippen LogP contribution in [0.15, 0.2) is 31.0 Å². The normalized spacial score (nSPS) is 20.1. The van der Waals surface area contributed by atoms with Crippen molar-refractivity contribution in [2.45, 2.75) is 13.0 Å². The van der Waals surface area contributed by atoms with Crippen LogP contribution in [0.2, 0.25) is 0 Å². The Morgan fingerprint density at radius 2 is 2.45 bits per heavy atom. The van der Waals surface area contributed by atoms with Gasteiger partial charge in [-0.3, -0.25) is 9.63 Å². The van der Waals surface area contributed by atoms with E-state index in [4.69, 9.17) is 4.84 Å². The van der Waals surface area contributed by atoms with Gasteiger partial charge in [-0.2, -0.15) is 10.2 Å². The third kappa shape index (κ3) is 2.60. The van der Waals surface area contributed by atoms with Crippen LogP contribution in [0.25, 0.3) is 5.70 Å². The summed E-state index contributed by atoms with van der Waals surface area (Å²) < 4.78 is 1.66. The maximum atomic E-state index is 12.2. The topological polar surface area (TPSA) is 79.7 Å². The lowest BCUT2D eigenvalue weighted by molar-refractivity contribution is -0.114. The first-order valence-electron chi connectivity index (χ1n) is 6.95. The largest absolute Gasteiger partial charge is 0.345 e. The van der Waals surface area contributed by atoms with E-state index in [-0.39, 0.29) is 24.6 Å². The molecule has 0 radical (unpaired) electrons. The predicted octanol–water partition coefficient (Wildman–Crippen LogP) is 0.920. The van der Waals surface area contributed by atoms with Gasteiger partial charge >= 0.3 is 6.03 Å². The molecule has 22 heavy (non-hydrogen) atoms. The van der Waals surface area contributed by atoms with Crippen molar-refractivity contribution in [3.63, 3.8) is 0 Å². The Kier molecular flexibility index (Phi) is 3.68. The molecule has 8 heteroatoms. The van der Waals surface area contributed by atoms with Crippen LogP contribution >= 0.6 is 0 Å². The van der Waals surface area contributed by atoms with Crippen LogP contribution in [-0.2, 0) is 9.63 Å². The second kappa shape index (κ2) is 5.64. The minimum Gasteiger partial charge on any atom is -0.314 e. The smallest absolute Gasteiger partial charge is 0.314 e. The number of carbonyl (C=O) groups excluding carboxylic acids is 2. The number of hydrogen-bond donors (Lipinski definition) is 1. The predicted molar refractivity (Wildman–Crippen MR) is 79.5 cm³/mol. The van der Waals surface area contributed by atoms with E-state index in [1.807, 2.05) is 6.08 Å². The summed E-state index contributed by atoms with van der Waals surface area (Å²) in [5.41, 5.74) is 0.867. The third-order valence-corrected chi connectivity index (χ3v) is 3.42. The number of fused-ring (bicyclic) bond motifs is 2. The second-order valence-electron chi connectivity index (χ2n) is 5.13. The van der Waals surface area contributed by atoms with E-state index in [9.17, 15) is 9.59 Å². The quantitative estimate of drug-likeness (QED) is 0.820.